The summed E-state index contributed by atoms with van der Waals surface area (Å²) in [4.78, 5) is 32.9. The second-order valence-electron chi connectivity index (χ2n) is 5.80. The van der Waals surface area contributed by atoms with Crippen LogP contribution in [-0.2, 0) is 9.59 Å². The van der Waals surface area contributed by atoms with E-state index >= 15 is 0 Å². The summed E-state index contributed by atoms with van der Waals surface area (Å²) < 4.78 is 0. The van der Waals surface area contributed by atoms with Crippen molar-refractivity contribution in [2.45, 2.75) is 23.4 Å². The summed E-state index contributed by atoms with van der Waals surface area (Å²) in [6, 6.07) is -0.496. The van der Waals surface area contributed by atoms with Crippen molar-refractivity contribution in [3.05, 3.63) is 29.4 Å². The molecule has 12 heteroatoms. The third kappa shape index (κ3) is 2.94. The number of carboxylic acids is 1. The Balaban J connectivity index is 1.51. The number of thioether (sulfide) groups is 2. The van der Waals surface area contributed by atoms with E-state index in [0.29, 0.717) is 28.1 Å². The van der Waals surface area contributed by atoms with Crippen molar-refractivity contribution in [3.63, 3.8) is 0 Å². The van der Waals surface area contributed by atoms with Crippen LogP contribution in [0.25, 0.3) is 0 Å². The van der Waals surface area contributed by atoms with Gasteiger partial charge in [0.25, 0.3) is 5.91 Å². The first-order valence-corrected chi connectivity index (χ1v) is 9.74. The molecule has 26 heavy (non-hydrogen) atoms. The maximum absolute atomic E-state index is 12.6. The van der Waals surface area contributed by atoms with E-state index in [1.54, 1.807) is 12.4 Å². The number of H-pyrrole nitrogens is 2. The summed E-state index contributed by atoms with van der Waals surface area (Å²) in [7, 11) is 0. The van der Waals surface area contributed by atoms with Crippen LogP contribution in [0, 0.1) is 6.92 Å². The molecule has 0 saturated carbocycles. The smallest absolute Gasteiger partial charge is 0.352 e. The van der Waals surface area contributed by atoms with Gasteiger partial charge in [0, 0.05) is 23.4 Å². The minimum absolute atomic E-state index is 0.0726. The molecule has 0 aliphatic carbocycles. The first-order chi connectivity index (χ1) is 12.5. The number of nitrogens with zero attached hydrogens (tertiary/aromatic N) is 4. The number of β-lactam (4-membered cyclic amide) rings is 1. The highest BCUT2D eigenvalue weighted by Gasteiger charge is 2.53. The Morgan fingerprint density at radius 1 is 1.54 bits per heavy atom. The second-order valence-corrected chi connectivity index (χ2v) is 7.90. The lowest BCUT2D eigenvalue weighted by Gasteiger charge is -2.49. The molecule has 2 aliphatic rings. The van der Waals surface area contributed by atoms with Crippen LogP contribution < -0.4 is 5.32 Å². The number of aromatic amines is 2. The summed E-state index contributed by atoms with van der Waals surface area (Å²) in [5.41, 5.74) is 1.65. The quantitative estimate of drug-likeness (QED) is 0.411. The number of hydrogen-bond donors (Lipinski definition) is 4. The van der Waals surface area contributed by atoms with Crippen molar-refractivity contribution in [2.75, 3.05) is 16.8 Å². The number of carbonyl (C=O) groups excluding carboxylic acids is 1. The Morgan fingerprint density at radius 2 is 2.38 bits per heavy atom. The number of aryl methyl sites for hydroxylation is 1. The molecule has 1 saturated heterocycles. The van der Waals surface area contributed by atoms with E-state index in [1.165, 1.54) is 28.4 Å². The number of amides is 1. The number of nitrogens with one attached hydrogen (secondary N) is 3. The van der Waals surface area contributed by atoms with Crippen LogP contribution in [0.1, 0.15) is 5.69 Å². The van der Waals surface area contributed by atoms with Crippen LogP contribution in [0.3, 0.4) is 0 Å². The van der Waals surface area contributed by atoms with Crippen LogP contribution in [0.2, 0.25) is 0 Å². The van der Waals surface area contributed by atoms with Crippen molar-refractivity contribution < 1.29 is 14.7 Å². The van der Waals surface area contributed by atoms with Crippen LogP contribution in [-0.4, -0.2) is 70.2 Å². The van der Waals surface area contributed by atoms with E-state index in [0.717, 1.165) is 5.69 Å². The van der Waals surface area contributed by atoms with Crippen molar-refractivity contribution in [3.8, 4) is 0 Å². The van der Waals surface area contributed by atoms with E-state index < -0.39 is 12.0 Å². The maximum Gasteiger partial charge on any atom is 0.352 e. The van der Waals surface area contributed by atoms with E-state index in [1.807, 2.05) is 6.92 Å². The summed E-state index contributed by atoms with van der Waals surface area (Å²) in [5, 5.41) is 23.3. The van der Waals surface area contributed by atoms with Gasteiger partial charge in [-0.3, -0.25) is 9.69 Å². The molecule has 0 spiro atoms. The number of anilines is 1. The molecule has 0 bridgehead atoms. The normalized spacial score (nSPS) is 22.2. The standard InChI is InChI=1S/C14H15N7O3S2/c1-6-2-15-14(17-6)18-9-11(22)21-10(13(23)24)7(5-26-12(9)21)4-25-8-3-16-20-19-8/h2-3,9,12H,4-5H2,1H3,(H,23,24)(H2,15,17,18)(H,16,19,20)/t9?,12-/m0/s1. The third-order valence-electron chi connectivity index (χ3n) is 4.03. The monoisotopic (exact) mass is 393 g/mol. The highest BCUT2D eigenvalue weighted by molar-refractivity contribution is 8.01. The van der Waals surface area contributed by atoms with E-state index in [9.17, 15) is 14.7 Å². The van der Waals surface area contributed by atoms with E-state index in [4.69, 9.17) is 0 Å². The van der Waals surface area contributed by atoms with Gasteiger partial charge in [0.1, 0.15) is 22.1 Å². The topological polar surface area (TPSA) is 140 Å². The predicted octanol–water partition coefficient (Wildman–Crippen LogP) is 0.663. The maximum atomic E-state index is 12.6. The lowest BCUT2D eigenvalue weighted by molar-refractivity contribution is -0.147. The van der Waals surface area contributed by atoms with Gasteiger partial charge in [-0.2, -0.15) is 10.3 Å². The third-order valence-corrected chi connectivity index (χ3v) is 6.36. The number of rotatable bonds is 6. The molecule has 4 N–H and O–H groups in total. The average Bonchev–Trinajstić information content (AvgIpc) is 3.28. The van der Waals surface area contributed by atoms with Crippen LogP contribution >= 0.6 is 23.5 Å². The zero-order valence-electron chi connectivity index (χ0n) is 13.6. The predicted molar refractivity (Wildman–Crippen MR) is 95.6 cm³/mol. The summed E-state index contributed by atoms with van der Waals surface area (Å²) >= 11 is 2.92. The second kappa shape index (κ2) is 6.68. The molecule has 0 radical (unpaired) electrons. The molecule has 136 valence electrons. The Kier molecular flexibility index (Phi) is 4.36. The van der Waals surface area contributed by atoms with Gasteiger partial charge in [-0.25, -0.2) is 9.78 Å². The minimum atomic E-state index is -1.09. The lowest BCUT2D eigenvalue weighted by atomic mass is 10.0. The van der Waals surface area contributed by atoms with Gasteiger partial charge in [0.2, 0.25) is 5.95 Å². The van der Waals surface area contributed by atoms with Gasteiger partial charge < -0.3 is 15.4 Å². The summed E-state index contributed by atoms with van der Waals surface area (Å²) in [5.74, 6) is 0.127. The van der Waals surface area contributed by atoms with Gasteiger partial charge in [-0.05, 0) is 12.5 Å². The number of fused-ring (bicyclic) bond motifs is 1. The number of hydrogen-bond acceptors (Lipinski definition) is 8. The molecule has 1 amide bonds. The molecule has 2 aliphatic heterocycles. The zero-order chi connectivity index (χ0) is 18.3. The number of aromatic nitrogens is 5. The largest absolute Gasteiger partial charge is 0.477 e. The molecule has 4 rings (SSSR count). The van der Waals surface area contributed by atoms with Gasteiger partial charge in [-0.1, -0.05) is 11.8 Å². The van der Waals surface area contributed by atoms with E-state index in [-0.39, 0.29) is 17.0 Å². The van der Waals surface area contributed by atoms with Crippen molar-refractivity contribution in [1.82, 2.24) is 30.3 Å². The van der Waals surface area contributed by atoms with Gasteiger partial charge in [0.15, 0.2) is 0 Å². The first kappa shape index (κ1) is 17.0. The number of carbonyl (C=O) groups is 2. The number of carboxylic acid groups (broad SMARTS) is 1. The Hall–Kier alpha value is -2.47. The van der Waals surface area contributed by atoms with E-state index in [2.05, 4.69) is 30.7 Å². The molecule has 2 atom stereocenters. The lowest BCUT2D eigenvalue weighted by Crippen LogP contribution is -2.67. The highest BCUT2D eigenvalue weighted by Crippen LogP contribution is 2.42. The van der Waals surface area contributed by atoms with Gasteiger partial charge in [0.05, 0.1) is 6.20 Å². The molecule has 1 fully saturated rings. The molecule has 0 aromatic carbocycles. The Labute approximate surface area is 156 Å². The fourth-order valence-electron chi connectivity index (χ4n) is 2.85. The average molecular weight is 393 g/mol. The Bertz CT molecular complexity index is 879. The van der Waals surface area contributed by atoms with Crippen LogP contribution in [0.5, 0.6) is 0 Å². The van der Waals surface area contributed by atoms with Crippen LogP contribution in [0.15, 0.2) is 28.7 Å². The number of imidazole rings is 1. The molecule has 10 nitrogen and oxygen atoms in total. The molecule has 2 aromatic rings. The summed E-state index contributed by atoms with van der Waals surface area (Å²) in [6.45, 7) is 1.87. The molecule has 1 unspecified atom stereocenters. The molecular formula is C14H15N7O3S2. The fraction of sp³-hybridized carbons (Fsp3) is 0.357. The molecule has 2 aromatic heterocycles. The highest BCUT2D eigenvalue weighted by atomic mass is 32.2. The van der Waals surface area contributed by atoms with Crippen molar-refractivity contribution in [1.29, 1.82) is 0 Å². The Morgan fingerprint density at radius 3 is 3.04 bits per heavy atom. The van der Waals surface area contributed by atoms with Gasteiger partial charge >= 0.3 is 5.97 Å². The first-order valence-electron chi connectivity index (χ1n) is 7.71. The summed E-state index contributed by atoms with van der Waals surface area (Å²) in [6.07, 6.45) is 3.24. The SMILES string of the molecule is Cc1cnc(NC2C(=O)N3C(C(=O)O)=C(CSc4cn[nH]n4)CS[C@@H]23)[nH]1. The van der Waals surface area contributed by atoms with Crippen LogP contribution in [0.4, 0.5) is 5.95 Å². The van der Waals surface area contributed by atoms with Crippen molar-refractivity contribution >= 4 is 41.3 Å². The van der Waals surface area contributed by atoms with Gasteiger partial charge in [-0.15, -0.1) is 16.9 Å². The molecular weight excluding hydrogens is 378 g/mol. The zero-order valence-corrected chi connectivity index (χ0v) is 15.2. The molecule has 4 heterocycles. The minimum Gasteiger partial charge on any atom is -0.477 e. The fourth-order valence-corrected chi connectivity index (χ4v) is 5.12. The van der Waals surface area contributed by atoms with Crippen molar-refractivity contribution in [2.24, 2.45) is 0 Å². The number of aliphatic carboxylic acids is 1.